The van der Waals surface area contributed by atoms with Gasteiger partial charge in [0.05, 0.1) is 6.54 Å². The van der Waals surface area contributed by atoms with Crippen LogP contribution in [0.15, 0.2) is 30.3 Å². The van der Waals surface area contributed by atoms with Gasteiger partial charge in [0.15, 0.2) is 11.3 Å². The Kier molecular flexibility index (Phi) is 5.42. The van der Waals surface area contributed by atoms with Crippen LogP contribution in [0.4, 0.5) is 5.69 Å². The lowest BCUT2D eigenvalue weighted by atomic mass is 10.2. The normalized spacial score (nSPS) is 11.0. The number of fused-ring (bicyclic) bond motifs is 1. The summed E-state index contributed by atoms with van der Waals surface area (Å²) in [5.74, 6) is -0.297. The van der Waals surface area contributed by atoms with Crippen molar-refractivity contribution in [1.29, 1.82) is 0 Å². The van der Waals surface area contributed by atoms with Gasteiger partial charge in [-0.05, 0) is 43.2 Å². The fourth-order valence-electron chi connectivity index (χ4n) is 2.79. The first-order valence-electron chi connectivity index (χ1n) is 8.59. The summed E-state index contributed by atoms with van der Waals surface area (Å²) in [5.41, 5.74) is 3.13. The first-order chi connectivity index (χ1) is 12.5. The van der Waals surface area contributed by atoms with Crippen LogP contribution < -0.4 is 5.32 Å². The Labute approximate surface area is 156 Å². The molecule has 2 aromatic heterocycles. The Morgan fingerprint density at radius 1 is 1.27 bits per heavy atom. The second-order valence-corrected chi connectivity index (χ2v) is 6.58. The summed E-state index contributed by atoms with van der Waals surface area (Å²) in [4.78, 5) is 19.9. The van der Waals surface area contributed by atoms with Gasteiger partial charge in [0.25, 0.3) is 0 Å². The number of aryl methyl sites for hydroxylation is 1. The number of carbonyl (C=O) groups is 1. The van der Waals surface area contributed by atoms with Crippen molar-refractivity contribution in [3.8, 4) is 0 Å². The first-order valence-corrected chi connectivity index (χ1v) is 8.97. The number of nitrogens with zero attached hydrogens (tertiary/aromatic N) is 3. The minimum absolute atomic E-state index is 0.000203. The minimum atomic E-state index is -1.06. The summed E-state index contributed by atoms with van der Waals surface area (Å²) in [5, 5.41) is 13.2. The van der Waals surface area contributed by atoms with Crippen molar-refractivity contribution in [3.63, 3.8) is 0 Å². The third-order valence-corrected chi connectivity index (χ3v) is 4.60. The summed E-state index contributed by atoms with van der Waals surface area (Å²) in [7, 11) is 0. The van der Waals surface area contributed by atoms with Gasteiger partial charge in [-0.15, -0.1) is 0 Å². The highest BCUT2D eigenvalue weighted by Crippen LogP contribution is 2.24. The third kappa shape index (κ3) is 3.80. The summed E-state index contributed by atoms with van der Waals surface area (Å²) < 4.78 is 1.88. The van der Waals surface area contributed by atoms with E-state index in [-0.39, 0.29) is 5.69 Å². The van der Waals surface area contributed by atoms with E-state index in [2.05, 4.69) is 22.2 Å². The van der Waals surface area contributed by atoms with E-state index in [1.807, 2.05) is 29.7 Å². The summed E-state index contributed by atoms with van der Waals surface area (Å²) in [6.45, 7) is 5.42. The molecule has 6 nitrogen and oxygen atoms in total. The number of benzene rings is 1. The van der Waals surface area contributed by atoms with E-state index in [4.69, 9.17) is 11.6 Å². The number of aromatic carboxylic acids is 1. The van der Waals surface area contributed by atoms with E-state index in [0.717, 1.165) is 36.5 Å². The quantitative estimate of drug-likeness (QED) is 0.602. The third-order valence-electron chi connectivity index (χ3n) is 4.24. The predicted octanol–water partition coefficient (Wildman–Crippen LogP) is 4.35. The van der Waals surface area contributed by atoms with Crippen molar-refractivity contribution in [1.82, 2.24) is 14.5 Å². The lowest BCUT2D eigenvalue weighted by Crippen LogP contribution is -2.07. The number of hydrogen-bond donors (Lipinski definition) is 2. The van der Waals surface area contributed by atoms with Crippen molar-refractivity contribution in [3.05, 3.63) is 52.4 Å². The van der Waals surface area contributed by atoms with Crippen LogP contribution in [-0.4, -0.2) is 32.2 Å². The van der Waals surface area contributed by atoms with Gasteiger partial charge in [0.2, 0.25) is 0 Å². The molecule has 0 spiro atoms. The number of hydrogen-bond acceptors (Lipinski definition) is 4. The minimum Gasteiger partial charge on any atom is -0.477 e. The Morgan fingerprint density at radius 3 is 2.77 bits per heavy atom. The smallest absolute Gasteiger partial charge is 0.354 e. The van der Waals surface area contributed by atoms with Crippen molar-refractivity contribution in [2.24, 2.45) is 0 Å². The van der Waals surface area contributed by atoms with E-state index in [9.17, 15) is 9.90 Å². The molecule has 0 unspecified atom stereocenters. The molecule has 1 aromatic carbocycles. The monoisotopic (exact) mass is 372 g/mol. The van der Waals surface area contributed by atoms with Crippen LogP contribution in [-0.2, 0) is 6.54 Å². The van der Waals surface area contributed by atoms with Crippen LogP contribution in [0.2, 0.25) is 5.02 Å². The zero-order valence-corrected chi connectivity index (χ0v) is 15.5. The molecule has 3 aromatic rings. The molecule has 3 rings (SSSR count). The maximum absolute atomic E-state index is 11.2. The molecule has 0 saturated heterocycles. The number of imidazole rings is 1. The van der Waals surface area contributed by atoms with E-state index < -0.39 is 5.97 Å². The molecule has 0 saturated carbocycles. The molecule has 0 fully saturated rings. The number of pyridine rings is 1. The Bertz CT molecular complexity index is 952. The number of nitrogens with one attached hydrogen (secondary N) is 1. The number of aromatic nitrogens is 3. The van der Waals surface area contributed by atoms with Gasteiger partial charge in [0.1, 0.15) is 11.3 Å². The van der Waals surface area contributed by atoms with Crippen LogP contribution in [0.5, 0.6) is 0 Å². The first kappa shape index (κ1) is 18.2. The number of rotatable bonds is 7. The molecule has 0 atom stereocenters. The van der Waals surface area contributed by atoms with Crippen molar-refractivity contribution < 1.29 is 9.90 Å². The molecular weight excluding hydrogens is 352 g/mol. The van der Waals surface area contributed by atoms with E-state index >= 15 is 0 Å². The molecule has 0 aliphatic rings. The lowest BCUT2D eigenvalue weighted by Gasteiger charge is -2.11. The van der Waals surface area contributed by atoms with Gasteiger partial charge in [-0.1, -0.05) is 31.0 Å². The van der Waals surface area contributed by atoms with Crippen molar-refractivity contribution >= 4 is 34.4 Å². The predicted molar refractivity (Wildman–Crippen MR) is 103 cm³/mol. The van der Waals surface area contributed by atoms with Crippen molar-refractivity contribution in [2.45, 2.75) is 33.2 Å². The van der Waals surface area contributed by atoms with Crippen molar-refractivity contribution in [2.75, 3.05) is 11.9 Å². The van der Waals surface area contributed by atoms with Crippen LogP contribution >= 0.6 is 11.6 Å². The Hall–Kier alpha value is -2.60. The lowest BCUT2D eigenvalue weighted by molar-refractivity contribution is 0.0691. The fourth-order valence-corrected chi connectivity index (χ4v) is 3.03. The highest BCUT2D eigenvalue weighted by Gasteiger charge is 2.14. The van der Waals surface area contributed by atoms with E-state index in [0.29, 0.717) is 22.7 Å². The molecule has 7 heteroatoms. The molecule has 0 radical (unpaired) electrons. The maximum atomic E-state index is 11.2. The summed E-state index contributed by atoms with van der Waals surface area (Å²) in [6.07, 6.45) is 2.24. The van der Waals surface area contributed by atoms with E-state index in [1.165, 1.54) is 6.07 Å². The molecule has 2 heterocycles. The van der Waals surface area contributed by atoms with Gasteiger partial charge in [0, 0.05) is 17.3 Å². The SMILES string of the molecule is CCCCNc1ccc(Cn2c(C)nc3ccc(C(=O)O)nc32)c(Cl)c1. The number of carboxylic acid groups (broad SMARTS) is 1. The number of carboxylic acids is 1. The Morgan fingerprint density at radius 2 is 2.08 bits per heavy atom. The average molecular weight is 373 g/mol. The maximum Gasteiger partial charge on any atom is 0.354 e. The second-order valence-electron chi connectivity index (χ2n) is 6.18. The average Bonchev–Trinajstić information content (AvgIpc) is 2.92. The topological polar surface area (TPSA) is 80.0 Å². The van der Waals surface area contributed by atoms with Gasteiger partial charge < -0.3 is 15.0 Å². The molecule has 26 heavy (non-hydrogen) atoms. The highest BCUT2D eigenvalue weighted by molar-refractivity contribution is 6.31. The molecule has 0 aliphatic heterocycles. The number of unbranched alkanes of at least 4 members (excludes halogenated alkanes) is 1. The summed E-state index contributed by atoms with van der Waals surface area (Å²) >= 11 is 6.46. The number of anilines is 1. The van der Waals surface area contributed by atoms with Crippen LogP contribution in [0.25, 0.3) is 11.2 Å². The van der Waals surface area contributed by atoms with Crippen LogP contribution in [0.1, 0.15) is 41.6 Å². The fraction of sp³-hybridized carbons (Fsp3) is 0.316. The Balaban J connectivity index is 1.89. The standard InChI is InChI=1S/C19H21ClN4O2/c1-3-4-9-21-14-6-5-13(15(20)10-14)11-24-12(2)22-16-7-8-17(19(25)26)23-18(16)24/h5-8,10,21H,3-4,9,11H2,1-2H3,(H,25,26). The molecule has 0 aliphatic carbocycles. The van der Waals surface area contributed by atoms with Crippen LogP contribution in [0.3, 0.4) is 0 Å². The zero-order valence-electron chi connectivity index (χ0n) is 14.8. The van der Waals surface area contributed by atoms with Gasteiger partial charge >= 0.3 is 5.97 Å². The molecule has 0 amide bonds. The van der Waals surface area contributed by atoms with Gasteiger partial charge in [-0.3, -0.25) is 0 Å². The van der Waals surface area contributed by atoms with E-state index in [1.54, 1.807) is 6.07 Å². The van der Waals surface area contributed by atoms with Gasteiger partial charge in [-0.2, -0.15) is 0 Å². The molecular formula is C19H21ClN4O2. The zero-order chi connectivity index (χ0) is 18.7. The molecule has 0 bridgehead atoms. The number of halogens is 1. The van der Waals surface area contributed by atoms with Crippen LogP contribution in [0, 0.1) is 6.92 Å². The largest absolute Gasteiger partial charge is 0.477 e. The molecule has 136 valence electrons. The second kappa shape index (κ2) is 7.74. The summed E-state index contributed by atoms with van der Waals surface area (Å²) in [6, 6.07) is 9.03. The molecule has 2 N–H and O–H groups in total. The van der Waals surface area contributed by atoms with Gasteiger partial charge in [-0.25, -0.2) is 14.8 Å². The highest BCUT2D eigenvalue weighted by atomic mass is 35.5.